The molecule has 0 saturated heterocycles. The van der Waals surface area contributed by atoms with Crippen LogP contribution in [0.2, 0.25) is 0 Å². The quantitative estimate of drug-likeness (QED) is 0.752. The average molecular weight is 310 g/mol. The molecule has 1 rings (SSSR count). The van der Waals surface area contributed by atoms with Crippen molar-refractivity contribution in [3.05, 3.63) is 23.4 Å². The Morgan fingerprint density at radius 2 is 2.00 bits per heavy atom. The van der Waals surface area contributed by atoms with Crippen molar-refractivity contribution < 1.29 is 0 Å². The maximum atomic E-state index is 4.78. The van der Waals surface area contributed by atoms with Crippen LogP contribution in [0.5, 0.6) is 0 Å². The van der Waals surface area contributed by atoms with Gasteiger partial charge in [0.25, 0.3) is 0 Å². The molecule has 1 aromatic heterocycles. The first kappa shape index (κ1) is 18.3. The second-order valence-electron chi connectivity index (χ2n) is 6.18. The van der Waals surface area contributed by atoms with Gasteiger partial charge in [-0.25, -0.2) is 4.98 Å². The van der Waals surface area contributed by atoms with Crippen molar-refractivity contribution in [3.8, 4) is 0 Å². The van der Waals surface area contributed by atoms with Crippen LogP contribution < -0.4 is 10.2 Å². The monoisotopic (exact) mass is 309 g/mol. The van der Waals surface area contributed by atoms with E-state index in [0.29, 0.717) is 12.0 Å². The number of hydrogen-bond donors (Lipinski definition) is 1. The lowest BCUT2D eigenvalue weighted by molar-refractivity contribution is 0.550. The molecule has 120 valence electrons. The predicted octanol–water partition coefficient (Wildman–Crippen LogP) is 3.71. The Labute approximate surface area is 134 Å². The summed E-state index contributed by atoms with van der Waals surface area (Å²) < 4.78 is 0. The lowest BCUT2D eigenvalue weighted by atomic mass is 10.1. The van der Waals surface area contributed by atoms with Crippen LogP contribution in [0.25, 0.3) is 0 Å². The zero-order valence-electron chi connectivity index (χ0n) is 14.4. The van der Waals surface area contributed by atoms with Crippen molar-refractivity contribution in [1.82, 2.24) is 10.3 Å². The number of aryl methyl sites for hydroxylation is 1. The number of aromatic nitrogens is 1. The van der Waals surface area contributed by atoms with E-state index in [1.54, 1.807) is 0 Å². The number of nitrogens with zero attached hydrogens (tertiary/aromatic N) is 2. The molecule has 3 nitrogen and oxygen atoms in total. The van der Waals surface area contributed by atoms with E-state index in [-0.39, 0.29) is 0 Å². The average Bonchev–Trinajstić information content (AvgIpc) is 2.45. The molecule has 0 aliphatic heterocycles. The van der Waals surface area contributed by atoms with Gasteiger partial charge in [0, 0.05) is 25.3 Å². The van der Waals surface area contributed by atoms with Gasteiger partial charge in [-0.1, -0.05) is 19.9 Å². The van der Waals surface area contributed by atoms with Crippen molar-refractivity contribution in [2.75, 3.05) is 30.5 Å². The minimum atomic E-state index is 0.522. The van der Waals surface area contributed by atoms with Crippen LogP contribution in [-0.4, -0.2) is 36.6 Å². The van der Waals surface area contributed by atoms with Crippen molar-refractivity contribution in [2.45, 2.75) is 46.7 Å². The van der Waals surface area contributed by atoms with Crippen molar-refractivity contribution >= 4 is 17.6 Å². The zero-order valence-corrected chi connectivity index (χ0v) is 15.3. The highest BCUT2D eigenvalue weighted by Crippen LogP contribution is 2.18. The number of thioether (sulfide) groups is 1. The van der Waals surface area contributed by atoms with Crippen LogP contribution in [0.15, 0.2) is 12.1 Å². The summed E-state index contributed by atoms with van der Waals surface area (Å²) in [5.74, 6) is 2.96. The van der Waals surface area contributed by atoms with Crippen LogP contribution in [-0.2, 0) is 6.54 Å². The Balaban J connectivity index is 2.63. The summed E-state index contributed by atoms with van der Waals surface area (Å²) in [6.45, 7) is 10.8. The molecule has 1 unspecified atom stereocenters. The molecule has 0 aliphatic rings. The number of hydrogen-bond acceptors (Lipinski definition) is 4. The normalized spacial score (nSPS) is 12.7. The summed E-state index contributed by atoms with van der Waals surface area (Å²) in [5, 5.41) is 3.48. The van der Waals surface area contributed by atoms with E-state index in [0.717, 1.165) is 24.6 Å². The van der Waals surface area contributed by atoms with Gasteiger partial charge in [-0.05, 0) is 56.4 Å². The number of anilines is 1. The molecule has 1 N–H and O–H groups in total. The first-order valence-corrected chi connectivity index (χ1v) is 9.24. The SMILES string of the molecule is CSCCC(C)N(C)c1ccc(CNCC(C)C)c(C)n1. The maximum absolute atomic E-state index is 4.78. The molecule has 0 aromatic carbocycles. The van der Waals surface area contributed by atoms with Gasteiger partial charge in [0.15, 0.2) is 0 Å². The zero-order chi connectivity index (χ0) is 15.8. The molecule has 0 aliphatic carbocycles. The summed E-state index contributed by atoms with van der Waals surface area (Å²) in [4.78, 5) is 7.07. The molecule has 0 fully saturated rings. The fourth-order valence-corrected chi connectivity index (χ4v) is 2.74. The molecule has 1 heterocycles. The Kier molecular flexibility index (Phi) is 8.12. The molecular weight excluding hydrogens is 278 g/mol. The van der Waals surface area contributed by atoms with Gasteiger partial charge >= 0.3 is 0 Å². The second-order valence-corrected chi connectivity index (χ2v) is 7.17. The third-order valence-electron chi connectivity index (χ3n) is 3.81. The number of pyridine rings is 1. The Morgan fingerprint density at radius 3 is 2.57 bits per heavy atom. The standard InChI is InChI=1S/C17H31N3S/c1-13(2)11-18-12-16-7-8-17(19-15(16)4)20(5)14(3)9-10-21-6/h7-8,13-14,18H,9-12H2,1-6H3. The smallest absolute Gasteiger partial charge is 0.128 e. The summed E-state index contributed by atoms with van der Waals surface area (Å²) in [5.41, 5.74) is 2.43. The van der Waals surface area contributed by atoms with Crippen LogP contribution in [0, 0.1) is 12.8 Å². The van der Waals surface area contributed by atoms with Gasteiger partial charge in [0.1, 0.15) is 5.82 Å². The molecule has 1 aromatic rings. The largest absolute Gasteiger partial charge is 0.357 e. The molecule has 0 bridgehead atoms. The van der Waals surface area contributed by atoms with Crippen molar-refractivity contribution in [1.29, 1.82) is 0 Å². The van der Waals surface area contributed by atoms with Crippen molar-refractivity contribution in [3.63, 3.8) is 0 Å². The highest BCUT2D eigenvalue weighted by Gasteiger charge is 2.12. The van der Waals surface area contributed by atoms with Crippen LogP contribution >= 0.6 is 11.8 Å². The first-order chi connectivity index (χ1) is 9.95. The molecule has 0 radical (unpaired) electrons. The highest BCUT2D eigenvalue weighted by atomic mass is 32.2. The first-order valence-electron chi connectivity index (χ1n) is 7.84. The van der Waals surface area contributed by atoms with Gasteiger partial charge in [-0.15, -0.1) is 0 Å². The van der Waals surface area contributed by atoms with E-state index < -0.39 is 0 Å². The summed E-state index contributed by atoms with van der Waals surface area (Å²) in [7, 11) is 2.14. The van der Waals surface area contributed by atoms with Gasteiger partial charge in [0.05, 0.1) is 0 Å². The summed E-state index contributed by atoms with van der Waals surface area (Å²) in [6.07, 6.45) is 3.35. The van der Waals surface area contributed by atoms with Crippen LogP contribution in [0.4, 0.5) is 5.82 Å². The molecule has 21 heavy (non-hydrogen) atoms. The second kappa shape index (κ2) is 9.31. The molecule has 4 heteroatoms. The van der Waals surface area contributed by atoms with E-state index >= 15 is 0 Å². The number of rotatable bonds is 9. The minimum Gasteiger partial charge on any atom is -0.357 e. The fraction of sp³-hybridized carbons (Fsp3) is 0.706. The topological polar surface area (TPSA) is 28.2 Å². The van der Waals surface area contributed by atoms with Crippen LogP contribution in [0.3, 0.4) is 0 Å². The molecule has 0 spiro atoms. The maximum Gasteiger partial charge on any atom is 0.128 e. The third-order valence-corrected chi connectivity index (χ3v) is 4.45. The molecular formula is C17H31N3S. The van der Waals surface area contributed by atoms with E-state index in [1.807, 2.05) is 11.8 Å². The van der Waals surface area contributed by atoms with Gasteiger partial charge in [-0.2, -0.15) is 11.8 Å². The molecule has 1 atom stereocenters. The Hall–Kier alpha value is -0.740. The van der Waals surface area contributed by atoms with E-state index in [9.17, 15) is 0 Å². The predicted molar refractivity (Wildman–Crippen MR) is 96.4 cm³/mol. The Morgan fingerprint density at radius 1 is 1.29 bits per heavy atom. The molecule has 0 saturated carbocycles. The van der Waals surface area contributed by atoms with E-state index in [2.05, 4.69) is 63.3 Å². The van der Waals surface area contributed by atoms with E-state index in [1.165, 1.54) is 17.7 Å². The lowest BCUT2D eigenvalue weighted by Crippen LogP contribution is -2.30. The van der Waals surface area contributed by atoms with Gasteiger partial charge < -0.3 is 10.2 Å². The van der Waals surface area contributed by atoms with Crippen LogP contribution in [0.1, 0.15) is 38.4 Å². The highest BCUT2D eigenvalue weighted by molar-refractivity contribution is 7.98. The third kappa shape index (κ3) is 6.27. The van der Waals surface area contributed by atoms with Gasteiger partial charge in [0.2, 0.25) is 0 Å². The minimum absolute atomic E-state index is 0.522. The number of nitrogens with one attached hydrogen (secondary N) is 1. The summed E-state index contributed by atoms with van der Waals surface area (Å²) in [6, 6.07) is 4.88. The van der Waals surface area contributed by atoms with Gasteiger partial charge in [-0.3, -0.25) is 0 Å². The summed E-state index contributed by atoms with van der Waals surface area (Å²) >= 11 is 1.90. The fourth-order valence-electron chi connectivity index (χ4n) is 2.16. The Bertz CT molecular complexity index is 420. The lowest BCUT2D eigenvalue weighted by Gasteiger charge is -2.26. The van der Waals surface area contributed by atoms with Crippen molar-refractivity contribution in [2.24, 2.45) is 5.92 Å². The molecule has 0 amide bonds. The van der Waals surface area contributed by atoms with E-state index in [4.69, 9.17) is 4.98 Å².